The summed E-state index contributed by atoms with van der Waals surface area (Å²) in [5.74, 6) is -0.654. The Morgan fingerprint density at radius 2 is 1.85 bits per heavy atom. The first-order valence-electron chi connectivity index (χ1n) is 10.6. The van der Waals surface area contributed by atoms with E-state index in [4.69, 9.17) is 20.8 Å². The molecule has 8 heteroatoms. The van der Waals surface area contributed by atoms with Crippen molar-refractivity contribution in [2.45, 2.75) is 46.8 Å². The maximum atomic E-state index is 13.7. The number of nitrogens with zero attached hydrogens (tertiary/aromatic N) is 2. The third-order valence-electron chi connectivity index (χ3n) is 5.83. The number of carbonyl (C=O) groups is 3. The molecule has 1 amide bonds. The van der Waals surface area contributed by atoms with Gasteiger partial charge in [0, 0.05) is 17.8 Å². The van der Waals surface area contributed by atoms with E-state index in [1.54, 1.807) is 61.7 Å². The molecule has 0 bridgehead atoms. The monoisotopic (exact) mass is 470 g/mol. The Balaban J connectivity index is 2.06. The first kappa shape index (κ1) is 24.3. The molecule has 2 aromatic heterocycles. The molecule has 0 unspecified atom stereocenters. The molecule has 0 aliphatic carbocycles. The lowest BCUT2D eigenvalue weighted by molar-refractivity contribution is 0.0585. The second-order valence-corrected chi connectivity index (χ2v) is 8.11. The summed E-state index contributed by atoms with van der Waals surface area (Å²) in [4.78, 5) is 41.1. The predicted molar refractivity (Wildman–Crippen MR) is 125 cm³/mol. The summed E-state index contributed by atoms with van der Waals surface area (Å²) in [6.07, 6.45) is 1.51. The second kappa shape index (κ2) is 10.1. The van der Waals surface area contributed by atoms with Crippen molar-refractivity contribution in [3.05, 3.63) is 81.5 Å². The summed E-state index contributed by atoms with van der Waals surface area (Å²) in [6, 6.07) is 9.31. The van der Waals surface area contributed by atoms with E-state index in [1.807, 2.05) is 6.92 Å². The smallest absolute Gasteiger partial charge is 0.354 e. The second-order valence-electron chi connectivity index (χ2n) is 7.70. The van der Waals surface area contributed by atoms with Gasteiger partial charge in [-0.2, -0.15) is 0 Å². The van der Waals surface area contributed by atoms with Crippen molar-refractivity contribution in [3.8, 4) is 0 Å². The highest BCUT2D eigenvalue weighted by Gasteiger charge is 2.34. The van der Waals surface area contributed by atoms with Crippen LogP contribution < -0.4 is 0 Å². The Bertz CT molecular complexity index is 1180. The van der Waals surface area contributed by atoms with Crippen molar-refractivity contribution in [1.29, 1.82) is 0 Å². The zero-order chi connectivity index (χ0) is 24.3. The topological polar surface area (TPSA) is 81.8 Å². The number of esters is 1. The van der Waals surface area contributed by atoms with E-state index in [9.17, 15) is 14.4 Å². The van der Waals surface area contributed by atoms with Crippen LogP contribution in [0.25, 0.3) is 0 Å². The molecule has 3 aromatic rings. The van der Waals surface area contributed by atoms with Crippen molar-refractivity contribution in [2.75, 3.05) is 7.11 Å². The summed E-state index contributed by atoms with van der Waals surface area (Å²) in [7, 11) is 1.31. The summed E-state index contributed by atoms with van der Waals surface area (Å²) in [5, 5.41) is 0.295. The summed E-state index contributed by atoms with van der Waals surface area (Å²) >= 11 is 6.28. The van der Waals surface area contributed by atoms with E-state index >= 15 is 0 Å². The predicted octanol–water partition coefficient (Wildman–Crippen LogP) is 5.07. The number of benzene rings is 1. The molecule has 0 radical (unpaired) electrons. The van der Waals surface area contributed by atoms with Crippen LogP contribution in [-0.2, 0) is 17.8 Å². The third-order valence-corrected chi connectivity index (χ3v) is 6.16. The average Bonchev–Trinajstić information content (AvgIpc) is 3.41. The molecule has 33 heavy (non-hydrogen) atoms. The van der Waals surface area contributed by atoms with E-state index in [1.165, 1.54) is 18.3 Å². The van der Waals surface area contributed by atoms with Gasteiger partial charge < -0.3 is 18.6 Å². The molecular weight excluding hydrogens is 444 g/mol. The first-order chi connectivity index (χ1) is 15.7. The van der Waals surface area contributed by atoms with Crippen molar-refractivity contribution in [3.63, 3.8) is 0 Å². The molecule has 1 aromatic carbocycles. The van der Waals surface area contributed by atoms with Crippen molar-refractivity contribution < 1.29 is 23.5 Å². The Morgan fingerprint density at radius 3 is 2.42 bits per heavy atom. The number of hydrogen-bond donors (Lipinski definition) is 0. The lowest BCUT2D eigenvalue weighted by Gasteiger charge is -2.28. The Morgan fingerprint density at radius 1 is 1.15 bits per heavy atom. The number of rotatable bonds is 8. The van der Waals surface area contributed by atoms with Crippen LogP contribution in [-0.4, -0.2) is 40.3 Å². The van der Waals surface area contributed by atoms with Gasteiger partial charge in [0.05, 0.1) is 36.5 Å². The molecule has 0 saturated heterocycles. The number of ether oxygens (including phenoxy) is 1. The molecule has 0 aliphatic heterocycles. The van der Waals surface area contributed by atoms with Crippen LogP contribution in [0.3, 0.4) is 0 Å². The maximum Gasteiger partial charge on any atom is 0.354 e. The number of carbonyl (C=O) groups excluding carboxylic acids is 3. The van der Waals surface area contributed by atoms with Gasteiger partial charge in [0.2, 0.25) is 0 Å². The van der Waals surface area contributed by atoms with Gasteiger partial charge in [-0.05, 0) is 57.5 Å². The minimum absolute atomic E-state index is 0.0837. The Labute approximate surface area is 197 Å². The Hall–Kier alpha value is -3.32. The van der Waals surface area contributed by atoms with Gasteiger partial charge >= 0.3 is 5.97 Å². The molecule has 0 spiro atoms. The summed E-state index contributed by atoms with van der Waals surface area (Å²) in [6.45, 7) is 7.64. The zero-order valence-electron chi connectivity index (χ0n) is 19.3. The van der Waals surface area contributed by atoms with Crippen LogP contribution >= 0.6 is 11.6 Å². The van der Waals surface area contributed by atoms with E-state index in [0.717, 1.165) is 0 Å². The number of ketones is 1. The van der Waals surface area contributed by atoms with E-state index in [-0.39, 0.29) is 12.3 Å². The van der Waals surface area contributed by atoms with Gasteiger partial charge in [0.15, 0.2) is 5.78 Å². The van der Waals surface area contributed by atoms with Crippen LogP contribution in [0.5, 0.6) is 0 Å². The Kier molecular flexibility index (Phi) is 7.43. The number of Topliss-reactive ketones (excluding diaryl/α,β-unsaturated/α-hetero) is 1. The normalized spacial score (nSPS) is 11.8. The van der Waals surface area contributed by atoms with Crippen molar-refractivity contribution in [2.24, 2.45) is 0 Å². The standard InChI is InChI=1S/C25H27ClN2O5/c1-6-27-16(3)21(15(2)22(27)25(31)32-5)23(29)17(4)28(14-18-10-9-13-33-18)24(30)19-11-7-8-12-20(19)26/h7-13,17H,6,14H2,1-5H3/t17-/m1/s1. The lowest BCUT2D eigenvalue weighted by atomic mass is 9.99. The molecule has 0 N–H and O–H groups in total. The number of furan rings is 1. The number of aromatic nitrogens is 1. The zero-order valence-corrected chi connectivity index (χ0v) is 20.1. The van der Waals surface area contributed by atoms with Gasteiger partial charge in [-0.15, -0.1) is 0 Å². The van der Waals surface area contributed by atoms with Crippen LogP contribution in [0.4, 0.5) is 0 Å². The molecule has 174 valence electrons. The average molecular weight is 471 g/mol. The number of halogens is 1. The van der Waals surface area contributed by atoms with Gasteiger partial charge in [-0.1, -0.05) is 23.7 Å². The van der Waals surface area contributed by atoms with Crippen LogP contribution in [0.1, 0.15) is 62.1 Å². The SMILES string of the molecule is CCn1c(C)c(C(=O)[C@@H](C)N(Cc2ccco2)C(=O)c2ccccc2Cl)c(C)c1C(=O)OC. The molecule has 3 rings (SSSR count). The number of methoxy groups -OCH3 is 1. The van der Waals surface area contributed by atoms with E-state index in [0.29, 0.717) is 45.4 Å². The highest BCUT2D eigenvalue weighted by Crippen LogP contribution is 2.27. The highest BCUT2D eigenvalue weighted by molar-refractivity contribution is 6.33. The largest absolute Gasteiger partial charge is 0.467 e. The minimum atomic E-state index is -0.852. The molecule has 7 nitrogen and oxygen atoms in total. The molecular formula is C25H27ClN2O5. The fourth-order valence-electron chi connectivity index (χ4n) is 4.11. The van der Waals surface area contributed by atoms with Gasteiger partial charge in [-0.3, -0.25) is 9.59 Å². The van der Waals surface area contributed by atoms with E-state index in [2.05, 4.69) is 0 Å². The van der Waals surface area contributed by atoms with Crippen LogP contribution in [0.2, 0.25) is 5.02 Å². The molecule has 0 aliphatic rings. The number of hydrogen-bond acceptors (Lipinski definition) is 5. The fraction of sp³-hybridized carbons (Fsp3) is 0.320. The molecule has 0 fully saturated rings. The quantitative estimate of drug-likeness (QED) is 0.339. The summed E-state index contributed by atoms with van der Waals surface area (Å²) in [5.41, 5.74) is 2.21. The highest BCUT2D eigenvalue weighted by atomic mass is 35.5. The maximum absolute atomic E-state index is 13.7. The third kappa shape index (κ3) is 4.59. The molecule has 1 atom stereocenters. The van der Waals surface area contributed by atoms with Gasteiger partial charge in [-0.25, -0.2) is 4.79 Å². The van der Waals surface area contributed by atoms with Crippen molar-refractivity contribution >= 4 is 29.3 Å². The van der Waals surface area contributed by atoms with Crippen molar-refractivity contribution in [1.82, 2.24) is 9.47 Å². The van der Waals surface area contributed by atoms with Gasteiger partial charge in [0.25, 0.3) is 5.91 Å². The lowest BCUT2D eigenvalue weighted by Crippen LogP contribution is -2.43. The molecule has 2 heterocycles. The molecule has 0 saturated carbocycles. The van der Waals surface area contributed by atoms with Crippen LogP contribution in [0.15, 0.2) is 47.1 Å². The van der Waals surface area contributed by atoms with Gasteiger partial charge in [0.1, 0.15) is 11.5 Å². The summed E-state index contributed by atoms with van der Waals surface area (Å²) < 4.78 is 12.1. The number of amides is 1. The first-order valence-corrected chi connectivity index (χ1v) is 11.0. The minimum Gasteiger partial charge on any atom is -0.467 e. The van der Waals surface area contributed by atoms with Crippen LogP contribution in [0, 0.1) is 13.8 Å². The fourth-order valence-corrected chi connectivity index (χ4v) is 4.32. The van der Waals surface area contributed by atoms with E-state index < -0.39 is 17.9 Å².